The molecule has 1 aliphatic rings. The number of benzene rings is 1. The van der Waals surface area contributed by atoms with E-state index in [2.05, 4.69) is 10.3 Å². The molecule has 2 rings (SSSR count). The van der Waals surface area contributed by atoms with Gasteiger partial charge in [-0.2, -0.15) is 0 Å². The van der Waals surface area contributed by atoms with Gasteiger partial charge in [-0.3, -0.25) is 0 Å². The Hall–Kier alpha value is -1.91. The lowest BCUT2D eigenvalue weighted by molar-refractivity contribution is 0.311. The van der Waals surface area contributed by atoms with Gasteiger partial charge in [-0.05, 0) is 32.4 Å². The Morgan fingerprint density at radius 2 is 1.89 bits per heavy atom. The molecule has 0 fully saturated rings. The summed E-state index contributed by atoms with van der Waals surface area (Å²) in [6.07, 6.45) is 0.880. The normalized spacial score (nSPS) is 18.4. The third-order valence-corrected chi connectivity index (χ3v) is 2.98. The fourth-order valence-corrected chi connectivity index (χ4v) is 2.24. The Morgan fingerprint density at radius 1 is 1.26 bits per heavy atom. The summed E-state index contributed by atoms with van der Waals surface area (Å²) >= 11 is 0. The predicted molar refractivity (Wildman–Crippen MR) is 75.8 cm³/mol. The lowest BCUT2D eigenvalue weighted by Crippen LogP contribution is -2.37. The minimum absolute atomic E-state index is 0.00875. The van der Waals surface area contributed by atoms with Crippen molar-refractivity contribution >= 4 is 5.96 Å². The number of nitrogens with two attached hydrogens (primary N) is 1. The topological polar surface area (TPSA) is 68.9 Å². The Labute approximate surface area is 113 Å². The average Bonchev–Trinajstić information content (AvgIpc) is 2.40. The largest absolute Gasteiger partial charge is 0.493 e. The van der Waals surface area contributed by atoms with Gasteiger partial charge in [-0.15, -0.1) is 0 Å². The zero-order valence-electron chi connectivity index (χ0n) is 11.5. The van der Waals surface area contributed by atoms with Gasteiger partial charge in [0, 0.05) is 6.54 Å². The van der Waals surface area contributed by atoms with E-state index in [1.54, 1.807) is 0 Å². The molecule has 104 valence electrons. The number of nitrogens with one attached hydrogen (secondary N) is 1. The first-order valence-corrected chi connectivity index (χ1v) is 6.71. The van der Waals surface area contributed by atoms with Crippen molar-refractivity contribution in [1.29, 1.82) is 0 Å². The smallest absolute Gasteiger partial charge is 0.189 e. The molecule has 5 heteroatoms. The lowest BCUT2D eigenvalue weighted by Gasteiger charge is -2.24. The van der Waals surface area contributed by atoms with Crippen LogP contribution in [0, 0.1) is 0 Å². The van der Waals surface area contributed by atoms with Crippen molar-refractivity contribution in [2.24, 2.45) is 10.7 Å². The number of nitrogens with zero attached hydrogens (tertiary/aromatic N) is 1. The zero-order valence-corrected chi connectivity index (χ0v) is 11.5. The highest BCUT2D eigenvalue weighted by atomic mass is 16.5. The number of aliphatic imine (C=N–C) groups is 1. The number of hydrogen-bond donors (Lipinski definition) is 2. The van der Waals surface area contributed by atoms with E-state index in [0.29, 0.717) is 19.2 Å². The van der Waals surface area contributed by atoms with Crippen molar-refractivity contribution in [3.63, 3.8) is 0 Å². The third-order valence-electron chi connectivity index (χ3n) is 2.98. The van der Waals surface area contributed by atoms with E-state index in [9.17, 15) is 0 Å². The highest BCUT2D eigenvalue weighted by Gasteiger charge is 2.23. The minimum Gasteiger partial charge on any atom is -0.493 e. The first kappa shape index (κ1) is 13.5. The van der Waals surface area contributed by atoms with Crippen molar-refractivity contribution in [3.8, 4) is 11.5 Å². The van der Waals surface area contributed by atoms with E-state index in [4.69, 9.17) is 15.2 Å². The molecular weight excluding hydrogens is 242 g/mol. The van der Waals surface area contributed by atoms with Gasteiger partial charge in [0.05, 0.1) is 24.8 Å². The number of guanidine groups is 1. The number of hydrogen-bond acceptors (Lipinski definition) is 5. The maximum atomic E-state index is 5.77. The minimum atomic E-state index is -0.00875. The predicted octanol–water partition coefficient (Wildman–Crippen LogP) is 1.83. The van der Waals surface area contributed by atoms with Gasteiger partial charge < -0.3 is 20.5 Å². The number of ether oxygens (including phenoxy) is 2. The molecule has 0 aromatic heterocycles. The van der Waals surface area contributed by atoms with Crippen LogP contribution in [0.3, 0.4) is 0 Å². The van der Waals surface area contributed by atoms with E-state index in [1.165, 1.54) is 0 Å². The van der Waals surface area contributed by atoms with Crippen LogP contribution in [-0.2, 0) is 0 Å². The fraction of sp³-hybridized carbons (Fsp3) is 0.500. The first-order valence-electron chi connectivity index (χ1n) is 6.71. The lowest BCUT2D eigenvalue weighted by atomic mass is 10.0. The Kier molecular flexibility index (Phi) is 4.49. The van der Waals surface area contributed by atoms with Gasteiger partial charge in [-0.25, -0.2) is 4.99 Å². The van der Waals surface area contributed by atoms with E-state index in [-0.39, 0.29) is 6.04 Å². The van der Waals surface area contributed by atoms with Crippen LogP contribution in [0.5, 0.6) is 11.5 Å². The van der Waals surface area contributed by atoms with Gasteiger partial charge in [0.2, 0.25) is 0 Å². The maximum absolute atomic E-state index is 5.77. The molecule has 0 saturated heterocycles. The molecule has 1 unspecified atom stereocenters. The molecule has 1 heterocycles. The average molecular weight is 263 g/mol. The van der Waals surface area contributed by atoms with Gasteiger partial charge in [0.25, 0.3) is 0 Å². The maximum Gasteiger partial charge on any atom is 0.189 e. The second-order valence-electron chi connectivity index (χ2n) is 4.28. The Balaban J connectivity index is 2.41. The molecule has 1 atom stereocenters. The van der Waals surface area contributed by atoms with Gasteiger partial charge in [0.1, 0.15) is 11.5 Å². The fourth-order valence-electron chi connectivity index (χ4n) is 2.24. The Morgan fingerprint density at radius 3 is 2.42 bits per heavy atom. The highest BCUT2D eigenvalue weighted by molar-refractivity contribution is 5.79. The van der Waals surface area contributed by atoms with E-state index < -0.39 is 0 Å². The SMILES string of the molecule is CCOc1cccc(OCC)c1C1CCNC(N)=N1. The van der Waals surface area contributed by atoms with Crippen molar-refractivity contribution in [2.75, 3.05) is 19.8 Å². The number of rotatable bonds is 5. The molecule has 1 aromatic carbocycles. The van der Waals surface area contributed by atoms with Crippen LogP contribution in [0.15, 0.2) is 23.2 Å². The molecule has 19 heavy (non-hydrogen) atoms. The van der Waals surface area contributed by atoms with Crippen LogP contribution in [-0.4, -0.2) is 25.7 Å². The monoisotopic (exact) mass is 263 g/mol. The summed E-state index contributed by atoms with van der Waals surface area (Å²) in [5.74, 6) is 2.14. The van der Waals surface area contributed by atoms with E-state index in [0.717, 1.165) is 30.0 Å². The van der Waals surface area contributed by atoms with Gasteiger partial charge >= 0.3 is 0 Å². The van der Waals surface area contributed by atoms with Crippen molar-refractivity contribution in [3.05, 3.63) is 23.8 Å². The molecule has 0 saturated carbocycles. The molecule has 0 aliphatic carbocycles. The molecule has 1 aromatic rings. The molecule has 1 aliphatic heterocycles. The van der Waals surface area contributed by atoms with Crippen molar-refractivity contribution in [2.45, 2.75) is 26.3 Å². The molecular formula is C14H21N3O2. The van der Waals surface area contributed by atoms with Gasteiger partial charge in [-0.1, -0.05) is 6.07 Å². The quantitative estimate of drug-likeness (QED) is 0.850. The van der Waals surface area contributed by atoms with Crippen LogP contribution < -0.4 is 20.5 Å². The summed E-state index contributed by atoms with van der Waals surface area (Å²) in [6.45, 7) is 5.99. The second-order valence-corrected chi connectivity index (χ2v) is 4.28. The van der Waals surface area contributed by atoms with Crippen LogP contribution in [0.1, 0.15) is 31.9 Å². The summed E-state index contributed by atoms with van der Waals surface area (Å²) in [7, 11) is 0. The summed E-state index contributed by atoms with van der Waals surface area (Å²) < 4.78 is 11.4. The zero-order chi connectivity index (χ0) is 13.7. The Bertz CT molecular complexity index is 436. The van der Waals surface area contributed by atoms with Crippen LogP contribution in [0.25, 0.3) is 0 Å². The van der Waals surface area contributed by atoms with E-state index in [1.807, 2.05) is 32.0 Å². The third kappa shape index (κ3) is 3.10. The van der Waals surface area contributed by atoms with Crippen molar-refractivity contribution in [1.82, 2.24) is 5.32 Å². The second kappa shape index (κ2) is 6.31. The first-order chi connectivity index (χ1) is 9.26. The van der Waals surface area contributed by atoms with Gasteiger partial charge in [0.15, 0.2) is 5.96 Å². The molecule has 0 amide bonds. The van der Waals surface area contributed by atoms with Crippen LogP contribution in [0.4, 0.5) is 0 Å². The van der Waals surface area contributed by atoms with Crippen LogP contribution >= 0.6 is 0 Å². The molecule has 5 nitrogen and oxygen atoms in total. The molecule has 0 radical (unpaired) electrons. The molecule has 3 N–H and O–H groups in total. The summed E-state index contributed by atoms with van der Waals surface area (Å²) in [5, 5.41) is 3.03. The van der Waals surface area contributed by atoms with E-state index >= 15 is 0 Å². The molecule has 0 spiro atoms. The summed E-state index contributed by atoms with van der Waals surface area (Å²) in [5.41, 5.74) is 6.76. The van der Waals surface area contributed by atoms with Crippen LogP contribution in [0.2, 0.25) is 0 Å². The summed E-state index contributed by atoms with van der Waals surface area (Å²) in [6, 6.07) is 5.84. The van der Waals surface area contributed by atoms with Crippen molar-refractivity contribution < 1.29 is 9.47 Å². The summed E-state index contributed by atoms with van der Waals surface area (Å²) in [4.78, 5) is 4.46. The highest BCUT2D eigenvalue weighted by Crippen LogP contribution is 2.38. The standard InChI is InChI=1S/C14H21N3O2/c1-3-18-11-6-5-7-12(19-4-2)13(11)10-8-9-16-14(15)17-10/h5-7,10H,3-4,8-9H2,1-2H3,(H3,15,16,17). The molecule has 0 bridgehead atoms.